The summed E-state index contributed by atoms with van der Waals surface area (Å²) in [5.41, 5.74) is 11.2. The third-order valence-corrected chi connectivity index (χ3v) is 8.26. The molecule has 1 amide bonds. The molecule has 44 heavy (non-hydrogen) atoms. The van der Waals surface area contributed by atoms with Crippen molar-refractivity contribution in [2.45, 2.75) is 18.6 Å². The van der Waals surface area contributed by atoms with Gasteiger partial charge in [0.15, 0.2) is 11.8 Å². The molecule has 0 radical (unpaired) electrons. The number of hydrogen-bond acceptors (Lipinski definition) is 7. The lowest BCUT2D eigenvalue weighted by molar-refractivity contribution is -0.667. The van der Waals surface area contributed by atoms with Gasteiger partial charge in [-0.15, -0.1) is 5.10 Å². The topological polar surface area (TPSA) is 126 Å². The van der Waals surface area contributed by atoms with Crippen LogP contribution in [-0.2, 0) is 6.54 Å². The number of benzene rings is 3. The van der Waals surface area contributed by atoms with Crippen molar-refractivity contribution in [3.05, 3.63) is 132 Å². The number of rotatable bonds is 8. The van der Waals surface area contributed by atoms with Crippen LogP contribution in [0.2, 0.25) is 0 Å². The highest BCUT2D eigenvalue weighted by Crippen LogP contribution is 2.37. The molecule has 0 aliphatic carbocycles. The summed E-state index contributed by atoms with van der Waals surface area (Å²) in [6.07, 6.45) is 5.29. The maximum Gasteiger partial charge on any atom is 0.293 e. The molecule has 220 valence electrons. The van der Waals surface area contributed by atoms with Gasteiger partial charge in [0.1, 0.15) is 12.2 Å². The van der Waals surface area contributed by atoms with Crippen LogP contribution in [-0.4, -0.2) is 71.8 Å². The monoisotopic (exact) mass is 585 g/mol. The first-order valence-electron chi connectivity index (χ1n) is 14.7. The van der Waals surface area contributed by atoms with Gasteiger partial charge in [0.05, 0.1) is 18.3 Å². The molecule has 6 aromatic rings. The summed E-state index contributed by atoms with van der Waals surface area (Å²) >= 11 is 0. The first kappa shape index (κ1) is 27.4. The number of aromatic nitrogens is 7. The molecule has 2 unspecified atom stereocenters. The van der Waals surface area contributed by atoms with E-state index in [2.05, 4.69) is 78.7 Å². The van der Waals surface area contributed by atoms with Gasteiger partial charge in [-0.3, -0.25) is 9.69 Å². The second-order valence-corrected chi connectivity index (χ2v) is 11.0. The highest BCUT2D eigenvalue weighted by molar-refractivity contribution is 5.94. The minimum Gasteiger partial charge on any atom is -0.368 e. The van der Waals surface area contributed by atoms with E-state index in [1.807, 2.05) is 62.8 Å². The summed E-state index contributed by atoms with van der Waals surface area (Å²) in [4.78, 5) is 29.4. The standard InChI is InChI=1S/C33H32N10O/c34-31-28-32(36-22-35-28)42(23-37-31)20-27-21-43(39-38-27)30(25-12-6-2-7-13-25)29(24-10-4-1-5-11-24)40-16-18-41(19-17-40)33(44)26-14-8-3-9-15-26/h1-15,21-23,29-30H,16-20H2,(H2,34,35,36)/p+1. The van der Waals surface area contributed by atoms with E-state index in [9.17, 15) is 4.79 Å². The summed E-state index contributed by atoms with van der Waals surface area (Å²) in [6.45, 7) is 3.18. The van der Waals surface area contributed by atoms with E-state index in [0.717, 1.165) is 29.9 Å². The van der Waals surface area contributed by atoms with Gasteiger partial charge in [0.2, 0.25) is 12.1 Å². The highest BCUT2D eigenvalue weighted by atomic mass is 16.2. The van der Waals surface area contributed by atoms with Crippen molar-refractivity contribution in [3.8, 4) is 0 Å². The number of hydrogen-bond donors (Lipinski definition) is 2. The van der Waals surface area contributed by atoms with E-state index < -0.39 is 0 Å². The lowest BCUT2D eigenvalue weighted by Crippen LogP contribution is -2.51. The lowest BCUT2D eigenvalue weighted by atomic mass is 9.91. The molecule has 2 atom stereocenters. The Balaban J connectivity index is 1.21. The van der Waals surface area contributed by atoms with E-state index in [1.165, 1.54) is 5.56 Å². The largest absolute Gasteiger partial charge is 0.368 e. The summed E-state index contributed by atoms with van der Waals surface area (Å²) in [7, 11) is 0. The number of nitrogen functional groups attached to an aromatic ring is 1. The Hall–Kier alpha value is -5.42. The Morgan fingerprint density at radius 2 is 1.48 bits per heavy atom. The van der Waals surface area contributed by atoms with Gasteiger partial charge in [-0.1, -0.05) is 94.0 Å². The molecule has 4 heterocycles. The zero-order valence-electron chi connectivity index (χ0n) is 24.1. The maximum absolute atomic E-state index is 13.2. The Labute approximate surface area is 254 Å². The quantitative estimate of drug-likeness (QED) is 0.263. The summed E-state index contributed by atoms with van der Waals surface area (Å²) in [5.74, 6) is 0.473. The molecule has 3 aromatic heterocycles. The predicted molar refractivity (Wildman–Crippen MR) is 165 cm³/mol. The molecule has 0 saturated carbocycles. The summed E-state index contributed by atoms with van der Waals surface area (Å²) in [5, 5.41) is 9.27. The molecule has 7 rings (SSSR count). The van der Waals surface area contributed by atoms with Crippen LogP contribution in [0.4, 0.5) is 5.82 Å². The van der Waals surface area contributed by atoms with E-state index in [1.54, 1.807) is 12.7 Å². The van der Waals surface area contributed by atoms with Gasteiger partial charge < -0.3 is 15.6 Å². The molecule has 1 fully saturated rings. The number of carbonyl (C=O) groups is 1. The number of carbonyl (C=O) groups excluding carboxylic acids is 1. The second kappa shape index (κ2) is 12.1. The molecule has 1 saturated heterocycles. The number of H-pyrrole nitrogens is 1. The zero-order valence-corrected chi connectivity index (χ0v) is 24.1. The number of nitrogens with two attached hydrogens (primary N) is 1. The lowest BCUT2D eigenvalue weighted by Gasteiger charge is -2.42. The third-order valence-electron chi connectivity index (χ3n) is 8.26. The fraction of sp³-hybridized carbons (Fsp3) is 0.212. The third kappa shape index (κ3) is 5.40. The van der Waals surface area contributed by atoms with Gasteiger partial charge in [0.25, 0.3) is 11.6 Å². The number of imidazole rings is 1. The van der Waals surface area contributed by atoms with Crippen LogP contribution in [0.15, 0.2) is 110 Å². The average Bonchev–Trinajstić information content (AvgIpc) is 3.77. The van der Waals surface area contributed by atoms with Crippen molar-refractivity contribution in [2.24, 2.45) is 0 Å². The number of anilines is 1. The van der Waals surface area contributed by atoms with E-state index in [0.29, 0.717) is 36.6 Å². The summed E-state index contributed by atoms with van der Waals surface area (Å²) in [6, 6.07) is 30.2. The number of nitrogens with one attached hydrogen (secondary N) is 1. The minimum absolute atomic E-state index is 0.0500. The van der Waals surface area contributed by atoms with Crippen LogP contribution in [0.1, 0.15) is 39.3 Å². The van der Waals surface area contributed by atoms with Crippen LogP contribution in [0, 0.1) is 0 Å². The van der Waals surface area contributed by atoms with E-state index in [-0.39, 0.29) is 18.0 Å². The van der Waals surface area contributed by atoms with Crippen molar-refractivity contribution < 1.29 is 9.36 Å². The molecule has 0 bridgehead atoms. The molecular weight excluding hydrogens is 552 g/mol. The zero-order chi connectivity index (χ0) is 29.9. The molecular formula is C33H33N10O+. The molecule has 3 N–H and O–H groups in total. The Morgan fingerprint density at radius 1 is 0.841 bits per heavy atom. The van der Waals surface area contributed by atoms with Crippen molar-refractivity contribution in [1.82, 2.24) is 39.7 Å². The van der Waals surface area contributed by atoms with Crippen LogP contribution in [0.5, 0.6) is 0 Å². The maximum atomic E-state index is 13.2. The highest BCUT2D eigenvalue weighted by Gasteiger charge is 2.35. The van der Waals surface area contributed by atoms with Gasteiger partial charge in [-0.2, -0.15) is 0 Å². The Kier molecular flexibility index (Phi) is 7.51. The minimum atomic E-state index is -0.170. The fourth-order valence-electron chi connectivity index (χ4n) is 6.10. The van der Waals surface area contributed by atoms with Gasteiger partial charge in [-0.05, 0) is 23.3 Å². The molecule has 0 spiro atoms. The molecule has 3 aromatic carbocycles. The molecule has 1 aliphatic rings. The first-order valence-corrected chi connectivity index (χ1v) is 14.7. The van der Waals surface area contributed by atoms with Gasteiger partial charge in [0, 0.05) is 31.7 Å². The number of nitrogens with zero attached hydrogens (tertiary/aromatic N) is 8. The smallest absolute Gasteiger partial charge is 0.293 e. The Morgan fingerprint density at radius 3 is 2.16 bits per heavy atom. The molecule has 1 aliphatic heterocycles. The van der Waals surface area contributed by atoms with Crippen molar-refractivity contribution in [1.29, 1.82) is 0 Å². The van der Waals surface area contributed by atoms with Crippen molar-refractivity contribution in [2.75, 3.05) is 31.9 Å². The van der Waals surface area contributed by atoms with Crippen LogP contribution < -0.4 is 10.3 Å². The number of amides is 1. The fourth-order valence-corrected chi connectivity index (χ4v) is 6.10. The SMILES string of the molecule is Nc1nc[n+](Cc2cn(C(c3ccccc3)C(c3ccccc3)N3CCN(C(=O)c4ccccc4)CC3)nn2)c2nc[nH]c12. The van der Waals surface area contributed by atoms with Gasteiger partial charge >= 0.3 is 0 Å². The predicted octanol–water partition coefficient (Wildman–Crippen LogP) is 3.26. The first-order chi connectivity index (χ1) is 21.7. The second-order valence-electron chi connectivity index (χ2n) is 11.0. The Bertz CT molecular complexity index is 1850. The number of fused-ring (bicyclic) bond motifs is 1. The normalized spacial score (nSPS) is 15.3. The van der Waals surface area contributed by atoms with Crippen LogP contribution in [0.3, 0.4) is 0 Å². The van der Waals surface area contributed by atoms with Crippen molar-refractivity contribution in [3.63, 3.8) is 0 Å². The van der Waals surface area contributed by atoms with Crippen molar-refractivity contribution >= 4 is 22.9 Å². The summed E-state index contributed by atoms with van der Waals surface area (Å²) < 4.78 is 3.88. The number of aromatic amines is 1. The average molecular weight is 586 g/mol. The van der Waals surface area contributed by atoms with Crippen LogP contribution in [0.25, 0.3) is 11.2 Å². The number of piperazine rings is 1. The van der Waals surface area contributed by atoms with E-state index in [4.69, 9.17) is 5.73 Å². The van der Waals surface area contributed by atoms with Crippen LogP contribution >= 0.6 is 0 Å². The molecule has 11 heteroatoms. The van der Waals surface area contributed by atoms with E-state index >= 15 is 0 Å². The molecule has 11 nitrogen and oxygen atoms in total. The van der Waals surface area contributed by atoms with Gasteiger partial charge in [-0.25, -0.2) is 9.25 Å².